The largest absolute Gasteiger partial charge is 0.496 e. The van der Waals surface area contributed by atoms with Crippen LogP contribution in [0.1, 0.15) is 39.8 Å². The minimum absolute atomic E-state index is 0.824. The van der Waals surface area contributed by atoms with Crippen LogP contribution < -0.4 is 9.47 Å². The van der Waals surface area contributed by atoms with Crippen molar-refractivity contribution in [1.82, 2.24) is 0 Å². The van der Waals surface area contributed by atoms with Crippen molar-refractivity contribution in [3.05, 3.63) is 84.0 Å². The van der Waals surface area contributed by atoms with E-state index in [-0.39, 0.29) is 0 Å². The van der Waals surface area contributed by atoms with E-state index in [1.165, 1.54) is 11.1 Å². The number of aryl methyl sites for hydroxylation is 2. The predicted molar refractivity (Wildman–Crippen MR) is 118 cm³/mol. The van der Waals surface area contributed by atoms with Crippen molar-refractivity contribution >= 4 is 24.3 Å². The van der Waals surface area contributed by atoms with E-state index in [2.05, 4.69) is 50.6 Å². The third-order valence-corrected chi connectivity index (χ3v) is 4.63. The average Bonchev–Trinajstić information content (AvgIpc) is 2.71. The first-order valence-corrected chi connectivity index (χ1v) is 9.03. The van der Waals surface area contributed by atoms with E-state index < -0.39 is 0 Å². The Morgan fingerprint density at radius 2 is 0.926 bits per heavy atom. The molecule has 27 heavy (non-hydrogen) atoms. The molecule has 2 nitrogen and oxygen atoms in total. The molecule has 0 saturated carbocycles. The topological polar surface area (TPSA) is 18.5 Å². The van der Waals surface area contributed by atoms with Crippen LogP contribution in [0.25, 0.3) is 24.3 Å². The fourth-order valence-corrected chi connectivity index (χ4v) is 3.34. The van der Waals surface area contributed by atoms with Gasteiger partial charge in [-0.1, -0.05) is 50.6 Å². The van der Waals surface area contributed by atoms with Crippen molar-refractivity contribution in [2.24, 2.45) is 0 Å². The summed E-state index contributed by atoms with van der Waals surface area (Å²) in [6.45, 7) is 15.6. The second-order valence-electron chi connectivity index (χ2n) is 6.29. The Morgan fingerprint density at radius 1 is 0.630 bits per heavy atom. The highest BCUT2D eigenvalue weighted by Gasteiger charge is 2.10. The fraction of sp³-hybridized carbons (Fsp3) is 0.200. The lowest BCUT2D eigenvalue weighted by molar-refractivity contribution is 0.412. The van der Waals surface area contributed by atoms with Gasteiger partial charge in [-0.2, -0.15) is 0 Å². The van der Waals surface area contributed by atoms with Gasteiger partial charge < -0.3 is 9.47 Å². The zero-order valence-corrected chi connectivity index (χ0v) is 16.4. The Morgan fingerprint density at radius 3 is 1.15 bits per heavy atom. The zero-order chi connectivity index (χ0) is 19.8. The van der Waals surface area contributed by atoms with Gasteiger partial charge in [0.25, 0.3) is 0 Å². The van der Waals surface area contributed by atoms with Gasteiger partial charge in [-0.05, 0) is 54.7 Å². The van der Waals surface area contributed by atoms with Gasteiger partial charge >= 0.3 is 0 Å². The first-order valence-electron chi connectivity index (χ1n) is 9.03. The number of benzene rings is 2. The molecule has 0 radical (unpaired) electrons. The van der Waals surface area contributed by atoms with Crippen LogP contribution in [0.4, 0.5) is 0 Å². The molecule has 0 saturated heterocycles. The lowest BCUT2D eigenvalue weighted by Crippen LogP contribution is -1.97. The van der Waals surface area contributed by atoms with Crippen molar-refractivity contribution in [2.75, 3.05) is 14.2 Å². The van der Waals surface area contributed by atoms with Gasteiger partial charge in [0.2, 0.25) is 0 Å². The molecule has 140 valence electrons. The van der Waals surface area contributed by atoms with E-state index in [1.54, 1.807) is 14.2 Å². The van der Waals surface area contributed by atoms with Gasteiger partial charge in [-0.3, -0.25) is 0 Å². The summed E-state index contributed by atoms with van der Waals surface area (Å²) in [6, 6.07) is 8.54. The van der Waals surface area contributed by atoms with E-state index in [9.17, 15) is 0 Å². The number of methoxy groups -OCH3 is 2. The number of ether oxygens (including phenoxy) is 2. The Labute approximate surface area is 163 Å². The normalized spacial score (nSPS) is 10.1. The highest BCUT2D eigenvalue weighted by Crippen LogP contribution is 2.30. The van der Waals surface area contributed by atoms with Gasteiger partial charge in [0.15, 0.2) is 0 Å². The van der Waals surface area contributed by atoms with Crippen LogP contribution >= 0.6 is 0 Å². The summed E-state index contributed by atoms with van der Waals surface area (Å²) < 4.78 is 11.0. The Kier molecular flexibility index (Phi) is 7.25. The molecule has 0 aliphatic carbocycles. The summed E-state index contributed by atoms with van der Waals surface area (Å²) in [6.07, 6.45) is 10.3. The summed E-state index contributed by atoms with van der Waals surface area (Å²) in [5, 5.41) is 0. The van der Waals surface area contributed by atoms with Crippen molar-refractivity contribution in [1.29, 1.82) is 0 Å². The molecule has 2 heteroatoms. The van der Waals surface area contributed by atoms with E-state index in [0.717, 1.165) is 53.0 Å². The molecule has 0 aromatic heterocycles. The maximum absolute atomic E-state index is 5.49. The second kappa shape index (κ2) is 9.63. The zero-order valence-electron chi connectivity index (χ0n) is 16.4. The Bertz CT molecular complexity index is 729. The molecule has 0 aliphatic rings. The number of rotatable bonds is 10. The summed E-state index contributed by atoms with van der Waals surface area (Å²) >= 11 is 0. The van der Waals surface area contributed by atoms with Crippen molar-refractivity contribution in [2.45, 2.75) is 19.3 Å². The molecule has 0 amide bonds. The lowest BCUT2D eigenvalue weighted by Gasteiger charge is -2.13. The monoisotopic (exact) mass is 360 g/mol. The molecule has 2 aromatic carbocycles. The average molecular weight is 360 g/mol. The van der Waals surface area contributed by atoms with E-state index in [1.807, 2.05) is 24.3 Å². The highest BCUT2D eigenvalue weighted by atomic mass is 16.5. The SMILES string of the molecule is C=Cc1cc(CCCc2cc(C=C)c(OC)c(C=C)c2)cc(C=C)c1OC. The molecule has 2 aromatic rings. The summed E-state index contributed by atoms with van der Waals surface area (Å²) in [5.74, 6) is 1.65. The van der Waals surface area contributed by atoms with Crippen LogP contribution in [0.15, 0.2) is 50.6 Å². The van der Waals surface area contributed by atoms with Gasteiger partial charge in [0.1, 0.15) is 11.5 Å². The van der Waals surface area contributed by atoms with Gasteiger partial charge in [-0.15, -0.1) is 0 Å². The van der Waals surface area contributed by atoms with Crippen LogP contribution in [0, 0.1) is 0 Å². The maximum atomic E-state index is 5.49. The Balaban J connectivity index is 2.19. The van der Waals surface area contributed by atoms with Crippen LogP contribution in [0.5, 0.6) is 11.5 Å². The first-order chi connectivity index (χ1) is 13.1. The molecule has 0 unspecified atom stereocenters. The highest BCUT2D eigenvalue weighted by molar-refractivity contribution is 5.68. The molecular weight excluding hydrogens is 332 g/mol. The minimum Gasteiger partial charge on any atom is -0.496 e. The molecule has 0 N–H and O–H groups in total. The van der Waals surface area contributed by atoms with Crippen molar-refractivity contribution in [3.8, 4) is 11.5 Å². The molecule has 2 rings (SSSR count). The van der Waals surface area contributed by atoms with E-state index in [0.29, 0.717) is 0 Å². The number of hydrogen-bond donors (Lipinski definition) is 0. The van der Waals surface area contributed by atoms with Crippen LogP contribution in [-0.4, -0.2) is 14.2 Å². The van der Waals surface area contributed by atoms with E-state index in [4.69, 9.17) is 9.47 Å². The van der Waals surface area contributed by atoms with Crippen LogP contribution in [0.3, 0.4) is 0 Å². The molecule has 0 fully saturated rings. The predicted octanol–water partition coefficient (Wildman–Crippen LogP) is 6.45. The smallest absolute Gasteiger partial charge is 0.133 e. The third kappa shape index (κ3) is 4.59. The van der Waals surface area contributed by atoms with E-state index >= 15 is 0 Å². The summed E-state index contributed by atoms with van der Waals surface area (Å²) in [7, 11) is 3.35. The third-order valence-electron chi connectivity index (χ3n) is 4.63. The van der Waals surface area contributed by atoms with Crippen molar-refractivity contribution in [3.63, 3.8) is 0 Å². The van der Waals surface area contributed by atoms with Gasteiger partial charge in [-0.25, -0.2) is 0 Å². The molecular formula is C25H28O2. The summed E-state index contributed by atoms with van der Waals surface area (Å²) in [5.41, 5.74) is 6.49. The standard InChI is InChI=1S/C25H28O2/c1-7-20-14-18(15-21(8-2)24(20)26-5)12-11-13-19-16-22(9-3)25(27-6)23(10-4)17-19/h7-10,14-17H,1-4,11-13H2,5-6H3. The van der Waals surface area contributed by atoms with Crippen LogP contribution in [0.2, 0.25) is 0 Å². The van der Waals surface area contributed by atoms with Gasteiger partial charge in [0, 0.05) is 22.3 Å². The van der Waals surface area contributed by atoms with Crippen LogP contribution in [-0.2, 0) is 12.8 Å². The minimum atomic E-state index is 0.824. The van der Waals surface area contributed by atoms with Crippen molar-refractivity contribution < 1.29 is 9.47 Å². The number of hydrogen-bond acceptors (Lipinski definition) is 2. The first kappa shape index (κ1) is 20.3. The molecule has 0 spiro atoms. The molecule has 0 atom stereocenters. The molecule has 0 aliphatic heterocycles. The lowest BCUT2D eigenvalue weighted by atomic mass is 9.96. The second-order valence-corrected chi connectivity index (χ2v) is 6.29. The maximum Gasteiger partial charge on any atom is 0.133 e. The fourth-order valence-electron chi connectivity index (χ4n) is 3.34. The molecule has 0 heterocycles. The Hall–Kier alpha value is -3.00. The molecule has 0 bridgehead atoms. The summed E-state index contributed by atoms with van der Waals surface area (Å²) in [4.78, 5) is 0. The quantitative estimate of drug-likeness (QED) is 0.484. The van der Waals surface area contributed by atoms with Gasteiger partial charge in [0.05, 0.1) is 14.2 Å².